The molecule has 0 aliphatic heterocycles. The third kappa shape index (κ3) is 1.04. The normalized spacial score (nSPS) is 10.3. The summed E-state index contributed by atoms with van der Waals surface area (Å²) in [6.07, 6.45) is 1.68. The number of anilines is 1. The molecule has 3 N–H and O–H groups in total. The zero-order valence-corrected chi connectivity index (χ0v) is 6.93. The fourth-order valence-corrected chi connectivity index (χ4v) is 1.67. The molecule has 4 nitrogen and oxygen atoms in total. The van der Waals surface area contributed by atoms with Crippen LogP contribution in [0.2, 0.25) is 0 Å². The molecule has 0 aliphatic rings. The third-order valence-corrected chi connectivity index (χ3v) is 2.27. The van der Waals surface area contributed by atoms with Crippen LogP contribution in [0.4, 0.5) is 5.82 Å². The molecule has 0 fully saturated rings. The Hall–Kier alpha value is -1.49. The molecule has 0 aromatic carbocycles. The van der Waals surface area contributed by atoms with Gasteiger partial charge in [-0.1, -0.05) is 11.3 Å². The Kier molecular flexibility index (Phi) is 1.51. The number of nitrogens with one attached hydrogen (secondary N) is 1. The van der Waals surface area contributed by atoms with Gasteiger partial charge in [-0.05, 0) is 12.1 Å². The molecule has 0 amide bonds. The Labute approximate surface area is 72.2 Å². The highest BCUT2D eigenvalue weighted by molar-refractivity contribution is 7.15. The predicted molar refractivity (Wildman–Crippen MR) is 47.7 cm³/mol. The van der Waals surface area contributed by atoms with E-state index in [0.717, 1.165) is 10.2 Å². The summed E-state index contributed by atoms with van der Waals surface area (Å²) in [5.74, 6) is 0.377. The largest absolute Gasteiger partial charge is 0.383 e. The maximum absolute atomic E-state index is 7.31. The molecule has 12 heavy (non-hydrogen) atoms. The number of pyridine rings is 1. The van der Waals surface area contributed by atoms with E-state index in [1.807, 2.05) is 6.07 Å². The quantitative estimate of drug-likeness (QED) is 0.625. The molecule has 2 aromatic rings. The van der Waals surface area contributed by atoms with Crippen molar-refractivity contribution in [3.63, 3.8) is 0 Å². The molecule has 0 unspecified atom stereocenters. The number of hydrogen-bond donors (Lipinski definition) is 2. The minimum Gasteiger partial charge on any atom is -0.383 e. The second-order valence-corrected chi connectivity index (χ2v) is 3.24. The first-order chi connectivity index (χ1) is 5.77. The van der Waals surface area contributed by atoms with Crippen molar-refractivity contribution in [1.82, 2.24) is 9.97 Å². The van der Waals surface area contributed by atoms with Gasteiger partial charge in [0.15, 0.2) is 0 Å². The number of aromatic nitrogens is 2. The lowest BCUT2D eigenvalue weighted by Gasteiger charge is -1.96. The van der Waals surface area contributed by atoms with Gasteiger partial charge >= 0.3 is 0 Å². The zero-order valence-electron chi connectivity index (χ0n) is 6.11. The second kappa shape index (κ2) is 2.53. The molecular formula is C7H6N4S. The zero-order chi connectivity index (χ0) is 8.55. The van der Waals surface area contributed by atoms with Crippen LogP contribution in [-0.4, -0.2) is 9.97 Å². The van der Waals surface area contributed by atoms with Crippen molar-refractivity contribution in [3.8, 4) is 0 Å². The number of hydrogen-bond acceptors (Lipinski definition) is 5. The number of nitrogens with two attached hydrogens (primary N) is 1. The maximum atomic E-state index is 7.31. The summed E-state index contributed by atoms with van der Waals surface area (Å²) in [4.78, 5) is 8.86. The molecule has 0 spiro atoms. The smallest absolute Gasteiger partial charge is 0.205 e. The van der Waals surface area contributed by atoms with E-state index in [1.165, 1.54) is 11.3 Å². The Balaban J connectivity index is 2.99. The average Bonchev–Trinajstić information content (AvgIpc) is 2.04. The van der Waals surface area contributed by atoms with Crippen LogP contribution in [0.15, 0.2) is 18.3 Å². The van der Waals surface area contributed by atoms with Crippen molar-refractivity contribution < 1.29 is 0 Å². The van der Waals surface area contributed by atoms with Gasteiger partial charge in [-0.2, -0.15) is 0 Å². The molecule has 0 saturated heterocycles. The van der Waals surface area contributed by atoms with Crippen LogP contribution in [0, 0.1) is 5.41 Å². The molecule has 0 saturated carbocycles. The third-order valence-electron chi connectivity index (χ3n) is 1.46. The lowest BCUT2D eigenvalue weighted by molar-refractivity contribution is 1.18. The van der Waals surface area contributed by atoms with Gasteiger partial charge in [-0.25, -0.2) is 9.97 Å². The Morgan fingerprint density at radius 3 is 3.17 bits per heavy atom. The van der Waals surface area contributed by atoms with Gasteiger partial charge in [-0.15, -0.1) is 0 Å². The van der Waals surface area contributed by atoms with Crippen LogP contribution in [0.1, 0.15) is 0 Å². The molecule has 2 aromatic heterocycles. The molecule has 60 valence electrons. The van der Waals surface area contributed by atoms with Crippen molar-refractivity contribution in [3.05, 3.63) is 23.1 Å². The molecule has 2 heterocycles. The van der Waals surface area contributed by atoms with E-state index in [2.05, 4.69) is 9.97 Å². The standard InChI is InChI=1S/C7H6N4S/c8-5-4-2-1-3-10-6(4)12-7(9)11-5/h1-3H,(H3,8,9,11). The lowest BCUT2D eigenvalue weighted by atomic mass is 10.3. The van der Waals surface area contributed by atoms with E-state index in [0.29, 0.717) is 5.82 Å². The number of fused-ring (bicyclic) bond motifs is 1. The van der Waals surface area contributed by atoms with E-state index < -0.39 is 0 Å². The topological polar surface area (TPSA) is 75.7 Å². The van der Waals surface area contributed by atoms with Crippen LogP contribution in [0.3, 0.4) is 0 Å². The van der Waals surface area contributed by atoms with Crippen LogP contribution in [-0.2, 0) is 0 Å². The lowest BCUT2D eigenvalue weighted by Crippen LogP contribution is -2.04. The number of nitrogen functional groups attached to an aromatic ring is 1. The van der Waals surface area contributed by atoms with Crippen LogP contribution in [0.5, 0.6) is 0 Å². The minimum atomic E-state index is 0.193. The highest BCUT2D eigenvalue weighted by Gasteiger charge is 1.99. The average molecular weight is 178 g/mol. The van der Waals surface area contributed by atoms with Crippen molar-refractivity contribution >= 4 is 27.4 Å². The molecule has 0 radical (unpaired) electrons. The molecular weight excluding hydrogens is 172 g/mol. The number of nitrogens with zero attached hydrogens (tertiary/aromatic N) is 2. The first-order valence-corrected chi connectivity index (χ1v) is 4.15. The van der Waals surface area contributed by atoms with Gasteiger partial charge in [0, 0.05) is 6.20 Å². The summed E-state index contributed by atoms with van der Waals surface area (Å²) in [7, 11) is 0. The fraction of sp³-hybridized carbons (Fsp3) is 0. The molecule has 0 bridgehead atoms. The van der Waals surface area contributed by atoms with Gasteiger partial charge in [0.2, 0.25) is 4.80 Å². The SMILES string of the molecule is N=c1nc(N)c2cccnc2s1. The molecule has 0 atom stereocenters. The summed E-state index contributed by atoms with van der Waals surface area (Å²) in [5.41, 5.74) is 5.59. The highest BCUT2D eigenvalue weighted by atomic mass is 32.1. The Morgan fingerprint density at radius 1 is 1.50 bits per heavy atom. The fourth-order valence-electron chi connectivity index (χ4n) is 0.951. The van der Waals surface area contributed by atoms with Gasteiger partial charge < -0.3 is 5.73 Å². The van der Waals surface area contributed by atoms with E-state index >= 15 is 0 Å². The van der Waals surface area contributed by atoms with E-state index in [4.69, 9.17) is 11.1 Å². The minimum absolute atomic E-state index is 0.193. The molecule has 5 heteroatoms. The van der Waals surface area contributed by atoms with E-state index in [9.17, 15) is 0 Å². The van der Waals surface area contributed by atoms with E-state index in [-0.39, 0.29) is 4.80 Å². The monoisotopic (exact) mass is 178 g/mol. The maximum Gasteiger partial charge on any atom is 0.205 e. The van der Waals surface area contributed by atoms with Crippen LogP contribution < -0.4 is 10.5 Å². The van der Waals surface area contributed by atoms with Crippen molar-refractivity contribution in [1.29, 1.82) is 5.41 Å². The Morgan fingerprint density at radius 2 is 2.33 bits per heavy atom. The van der Waals surface area contributed by atoms with Crippen molar-refractivity contribution in [2.45, 2.75) is 0 Å². The van der Waals surface area contributed by atoms with Crippen LogP contribution >= 0.6 is 11.3 Å². The van der Waals surface area contributed by atoms with Crippen molar-refractivity contribution in [2.75, 3.05) is 5.73 Å². The Bertz CT molecular complexity index is 476. The first-order valence-electron chi connectivity index (χ1n) is 3.33. The van der Waals surface area contributed by atoms with Gasteiger partial charge in [-0.3, -0.25) is 5.41 Å². The summed E-state index contributed by atoms with van der Waals surface area (Å²) in [5, 5.41) is 8.12. The van der Waals surface area contributed by atoms with Crippen molar-refractivity contribution in [2.24, 2.45) is 0 Å². The van der Waals surface area contributed by atoms with E-state index in [1.54, 1.807) is 12.3 Å². The second-order valence-electron chi connectivity index (χ2n) is 2.26. The first kappa shape index (κ1) is 7.17. The van der Waals surface area contributed by atoms with Gasteiger partial charge in [0.1, 0.15) is 10.6 Å². The van der Waals surface area contributed by atoms with Gasteiger partial charge in [0.25, 0.3) is 0 Å². The summed E-state index contributed by atoms with van der Waals surface area (Å²) >= 11 is 1.22. The highest BCUT2D eigenvalue weighted by Crippen LogP contribution is 2.16. The summed E-state index contributed by atoms with van der Waals surface area (Å²) in [6, 6.07) is 3.65. The predicted octanol–water partition coefficient (Wildman–Crippen LogP) is 0.753. The summed E-state index contributed by atoms with van der Waals surface area (Å²) in [6.45, 7) is 0. The van der Waals surface area contributed by atoms with Crippen LogP contribution in [0.25, 0.3) is 10.2 Å². The summed E-state index contributed by atoms with van der Waals surface area (Å²) < 4.78 is 0. The number of rotatable bonds is 0. The molecule has 0 aliphatic carbocycles. The molecule has 2 rings (SSSR count). The van der Waals surface area contributed by atoms with Gasteiger partial charge in [0.05, 0.1) is 5.39 Å².